The van der Waals surface area contributed by atoms with Gasteiger partial charge in [-0.1, -0.05) is 6.07 Å². The lowest BCUT2D eigenvalue weighted by molar-refractivity contribution is 0.0949. The van der Waals surface area contributed by atoms with E-state index in [0.29, 0.717) is 29.3 Å². The number of nitrogens with one attached hydrogen (secondary N) is 1. The van der Waals surface area contributed by atoms with Gasteiger partial charge in [0.05, 0.1) is 5.25 Å². The highest BCUT2D eigenvalue weighted by Crippen LogP contribution is 2.46. The smallest absolute Gasteiger partial charge is 0.263 e. The van der Waals surface area contributed by atoms with E-state index in [4.69, 9.17) is 10.00 Å². The number of carbonyl (C=O) groups excluding carboxylic acids is 1. The lowest BCUT2D eigenvalue weighted by atomic mass is 10.1. The third kappa shape index (κ3) is 4.49. The van der Waals surface area contributed by atoms with Crippen molar-refractivity contribution in [2.75, 3.05) is 6.61 Å². The van der Waals surface area contributed by atoms with Gasteiger partial charge in [-0.05, 0) is 50.5 Å². The van der Waals surface area contributed by atoms with Gasteiger partial charge in [-0.15, -0.1) is 0 Å². The molecule has 35 heavy (non-hydrogen) atoms. The van der Waals surface area contributed by atoms with Crippen LogP contribution in [0.1, 0.15) is 48.3 Å². The first-order valence-electron chi connectivity index (χ1n) is 11.1. The first-order chi connectivity index (χ1) is 16.6. The van der Waals surface area contributed by atoms with Gasteiger partial charge in [0.25, 0.3) is 11.5 Å². The number of rotatable bonds is 8. The maximum atomic E-state index is 13.0. The molecule has 1 aliphatic rings. The minimum atomic E-state index is -3.35. The molecule has 182 valence electrons. The second-order valence-corrected chi connectivity index (χ2v) is 11.8. The first-order valence-corrected chi connectivity index (χ1v) is 12.6. The molecule has 1 fully saturated rings. The van der Waals surface area contributed by atoms with Crippen LogP contribution in [0.5, 0.6) is 5.88 Å². The fourth-order valence-electron chi connectivity index (χ4n) is 3.89. The molecule has 11 heteroatoms. The molecule has 4 rings (SSSR count). The van der Waals surface area contributed by atoms with Crippen LogP contribution in [0.25, 0.3) is 10.9 Å². The number of ether oxygens (including phenoxy) is 1. The normalized spacial score (nSPS) is 14.5. The Balaban J connectivity index is 1.57. The van der Waals surface area contributed by atoms with Crippen molar-refractivity contribution in [1.82, 2.24) is 19.9 Å². The monoisotopic (exact) mass is 495 g/mol. The molecule has 1 N–H and O–H groups in total. The number of pyridine rings is 3. The Morgan fingerprint density at radius 1 is 1.29 bits per heavy atom. The molecule has 0 spiro atoms. The number of nitriles is 1. The van der Waals surface area contributed by atoms with Crippen LogP contribution in [0.2, 0.25) is 0 Å². The molecular weight excluding hydrogens is 470 g/mol. The van der Waals surface area contributed by atoms with Gasteiger partial charge in [0.15, 0.2) is 9.84 Å². The third-order valence-corrected chi connectivity index (χ3v) is 9.21. The summed E-state index contributed by atoms with van der Waals surface area (Å²) >= 11 is 0. The van der Waals surface area contributed by atoms with E-state index >= 15 is 0 Å². The Bertz CT molecular complexity index is 1500. The molecule has 0 aromatic carbocycles. The minimum Gasteiger partial charge on any atom is -0.474 e. The molecule has 0 aliphatic heterocycles. The van der Waals surface area contributed by atoms with E-state index in [1.807, 2.05) is 6.07 Å². The minimum absolute atomic E-state index is 0.0469. The van der Waals surface area contributed by atoms with Crippen molar-refractivity contribution in [2.24, 2.45) is 7.05 Å². The summed E-state index contributed by atoms with van der Waals surface area (Å²) in [5.74, 6) is -0.418. The van der Waals surface area contributed by atoms with Crippen molar-refractivity contribution >= 4 is 26.6 Å². The number of sulfone groups is 1. The maximum Gasteiger partial charge on any atom is 0.263 e. The van der Waals surface area contributed by atoms with Crippen LogP contribution in [0.3, 0.4) is 0 Å². The highest BCUT2D eigenvalue weighted by atomic mass is 32.2. The molecule has 0 unspecified atom stereocenters. The van der Waals surface area contributed by atoms with E-state index in [1.54, 1.807) is 32.0 Å². The quantitative estimate of drug-likeness (QED) is 0.499. The van der Waals surface area contributed by atoms with E-state index in [1.165, 1.54) is 30.1 Å². The molecule has 0 saturated heterocycles. The number of hydrogen-bond acceptors (Lipinski definition) is 8. The van der Waals surface area contributed by atoms with E-state index in [2.05, 4.69) is 15.3 Å². The first kappa shape index (κ1) is 24.3. The predicted octanol–water partition coefficient (Wildman–Crippen LogP) is 1.86. The molecular formula is C24H25N5O5S. The van der Waals surface area contributed by atoms with Gasteiger partial charge >= 0.3 is 0 Å². The maximum absolute atomic E-state index is 13.0. The lowest BCUT2D eigenvalue weighted by Gasteiger charge is -2.20. The summed E-state index contributed by atoms with van der Waals surface area (Å²) in [5.41, 5.74) is 0.731. The van der Waals surface area contributed by atoms with Gasteiger partial charge in [-0.2, -0.15) is 5.26 Å². The SMILES string of the molecule is CC(C)S(=O)(=O)C1(COc2nccc3cc(C(=O)NCc4ccc(C#N)nc4)c(=O)n(C)c23)CC1. The van der Waals surface area contributed by atoms with Crippen molar-refractivity contribution in [1.29, 1.82) is 5.26 Å². The molecule has 3 heterocycles. The molecule has 1 aliphatic carbocycles. The molecule has 1 saturated carbocycles. The Morgan fingerprint density at radius 2 is 2.03 bits per heavy atom. The molecule has 1 amide bonds. The summed E-state index contributed by atoms with van der Waals surface area (Å²) < 4.78 is 31.7. The highest BCUT2D eigenvalue weighted by Gasteiger charge is 2.56. The van der Waals surface area contributed by atoms with Crippen LogP contribution in [0.4, 0.5) is 0 Å². The Labute approximate surface area is 202 Å². The van der Waals surface area contributed by atoms with Gasteiger partial charge in [0, 0.05) is 31.4 Å². The largest absolute Gasteiger partial charge is 0.474 e. The van der Waals surface area contributed by atoms with Crippen molar-refractivity contribution < 1.29 is 17.9 Å². The fourth-order valence-corrected chi connectivity index (χ4v) is 5.79. The molecule has 0 atom stereocenters. The van der Waals surface area contributed by atoms with Gasteiger partial charge in [0.1, 0.15) is 34.2 Å². The van der Waals surface area contributed by atoms with E-state index < -0.39 is 31.3 Å². The van der Waals surface area contributed by atoms with E-state index in [9.17, 15) is 18.0 Å². The average molecular weight is 496 g/mol. The lowest BCUT2D eigenvalue weighted by Crippen LogP contribution is -2.36. The molecule has 10 nitrogen and oxygen atoms in total. The summed E-state index contributed by atoms with van der Waals surface area (Å²) in [6.45, 7) is 3.39. The van der Waals surface area contributed by atoms with E-state index in [-0.39, 0.29) is 30.3 Å². The molecule has 3 aromatic heterocycles. The summed E-state index contributed by atoms with van der Waals surface area (Å²) in [6.07, 6.45) is 4.02. The second-order valence-electron chi connectivity index (χ2n) is 8.89. The Hall–Kier alpha value is -3.78. The summed E-state index contributed by atoms with van der Waals surface area (Å²) in [5, 5.41) is 11.6. The van der Waals surface area contributed by atoms with Crippen molar-refractivity contribution in [3.05, 3.63) is 63.8 Å². The van der Waals surface area contributed by atoms with Crippen LogP contribution in [-0.4, -0.2) is 45.5 Å². The van der Waals surface area contributed by atoms with Crippen molar-refractivity contribution in [2.45, 2.75) is 43.2 Å². The van der Waals surface area contributed by atoms with Gasteiger partial charge < -0.3 is 14.6 Å². The van der Waals surface area contributed by atoms with Crippen LogP contribution < -0.4 is 15.6 Å². The standard InChI is InChI=1S/C24H25N5O5S/c1-15(2)35(32,33)24(7-8-24)14-34-22-20-17(6-9-26-22)10-19(23(31)29(20)3)21(30)28-13-16-4-5-18(11-25)27-12-16/h4-6,9-10,12,15H,7-8,13-14H2,1-3H3,(H,28,30). The number of fused-ring (bicyclic) bond motifs is 1. The molecule has 3 aromatic rings. The zero-order chi connectivity index (χ0) is 25.4. The van der Waals surface area contributed by atoms with Crippen LogP contribution in [-0.2, 0) is 23.4 Å². The number of carbonyl (C=O) groups is 1. The van der Waals surface area contributed by atoms with Gasteiger partial charge in [-0.3, -0.25) is 9.59 Å². The number of aryl methyl sites for hydroxylation is 1. The van der Waals surface area contributed by atoms with Crippen LogP contribution in [0.15, 0.2) is 41.5 Å². The fraction of sp³-hybridized carbons (Fsp3) is 0.375. The number of hydrogen-bond donors (Lipinski definition) is 1. The predicted molar refractivity (Wildman–Crippen MR) is 129 cm³/mol. The van der Waals surface area contributed by atoms with Gasteiger partial charge in [-0.25, -0.2) is 18.4 Å². The number of amides is 1. The van der Waals surface area contributed by atoms with E-state index in [0.717, 1.165) is 0 Å². The third-order valence-electron chi connectivity index (χ3n) is 6.23. The zero-order valence-corrected chi connectivity index (χ0v) is 20.4. The van der Waals surface area contributed by atoms with Crippen molar-refractivity contribution in [3.63, 3.8) is 0 Å². The van der Waals surface area contributed by atoms with Gasteiger partial charge in [0.2, 0.25) is 5.88 Å². The summed E-state index contributed by atoms with van der Waals surface area (Å²) in [7, 11) is -1.84. The molecule has 0 bridgehead atoms. The van der Waals surface area contributed by atoms with Crippen molar-refractivity contribution in [3.8, 4) is 11.9 Å². The Morgan fingerprint density at radius 3 is 2.63 bits per heavy atom. The Kier molecular flexibility index (Phi) is 6.34. The summed E-state index contributed by atoms with van der Waals surface area (Å²) in [4.78, 5) is 34.0. The highest BCUT2D eigenvalue weighted by molar-refractivity contribution is 7.93. The average Bonchev–Trinajstić information content (AvgIpc) is 3.65. The van der Waals surface area contributed by atoms with Crippen LogP contribution in [0, 0.1) is 11.3 Å². The van der Waals surface area contributed by atoms with Crippen LogP contribution >= 0.6 is 0 Å². The number of nitrogens with zero attached hydrogens (tertiary/aromatic N) is 4. The zero-order valence-electron chi connectivity index (χ0n) is 19.6. The topological polar surface area (TPSA) is 144 Å². The number of aromatic nitrogens is 3. The molecule has 0 radical (unpaired) electrons. The second kappa shape index (κ2) is 9.11. The summed E-state index contributed by atoms with van der Waals surface area (Å²) in [6, 6.07) is 8.26.